The second-order valence-electron chi connectivity index (χ2n) is 11.4. The fourth-order valence-electron chi connectivity index (χ4n) is 6.61. The zero-order valence-electron chi connectivity index (χ0n) is 22.4. The van der Waals surface area contributed by atoms with Crippen LogP contribution in [-0.2, 0) is 22.6 Å². The van der Waals surface area contributed by atoms with Crippen LogP contribution in [0.5, 0.6) is 5.75 Å². The molecule has 0 bridgehead atoms. The van der Waals surface area contributed by atoms with E-state index in [4.69, 9.17) is 5.73 Å². The van der Waals surface area contributed by atoms with Crippen LogP contribution >= 0.6 is 0 Å². The smallest absolute Gasteiger partial charge is 0.252 e. The molecule has 4 atom stereocenters. The maximum atomic E-state index is 15.8. The van der Waals surface area contributed by atoms with Crippen molar-refractivity contribution in [2.45, 2.75) is 44.9 Å². The molecule has 0 aliphatic heterocycles. The van der Waals surface area contributed by atoms with Gasteiger partial charge >= 0.3 is 0 Å². The zero-order chi connectivity index (χ0) is 28.4. The minimum Gasteiger partial charge on any atom is -0.510 e. The van der Waals surface area contributed by atoms with Crippen LogP contribution in [-0.4, -0.2) is 81.2 Å². The second-order valence-corrected chi connectivity index (χ2v) is 11.4. The highest BCUT2D eigenvalue weighted by molar-refractivity contribution is 6.13. The summed E-state index contributed by atoms with van der Waals surface area (Å²) in [5.41, 5.74) is 2.35. The predicted molar refractivity (Wildman–Crippen MR) is 140 cm³/mol. The number of rotatable bonds is 6. The molecule has 1 amide bonds. The Morgan fingerprint density at radius 3 is 2.45 bits per heavy atom. The number of carbonyl (C=O) groups is 2. The average Bonchev–Trinajstić information content (AvgIpc) is 2.78. The summed E-state index contributed by atoms with van der Waals surface area (Å²) in [6, 6.07) is 0.289. The number of halogens is 1. The Morgan fingerprint density at radius 1 is 1.26 bits per heavy atom. The third-order valence-electron chi connectivity index (χ3n) is 8.03. The molecule has 1 saturated carbocycles. The summed E-state index contributed by atoms with van der Waals surface area (Å²) in [7, 11) is 5.09. The quantitative estimate of drug-likeness (QED) is 0.377. The summed E-state index contributed by atoms with van der Waals surface area (Å²) in [6.07, 6.45) is 0.0602. The van der Waals surface area contributed by atoms with E-state index in [1.54, 1.807) is 19.0 Å². The van der Waals surface area contributed by atoms with E-state index >= 15 is 4.39 Å². The number of aliphatic hydroxyl groups is 3. The molecule has 3 aliphatic carbocycles. The highest BCUT2D eigenvalue weighted by atomic mass is 19.1. The molecular formula is C28H36FN3O6. The Morgan fingerprint density at radius 2 is 1.89 bits per heavy atom. The first-order chi connectivity index (χ1) is 17.6. The summed E-state index contributed by atoms with van der Waals surface area (Å²) in [5.74, 6) is -5.23. The molecule has 10 heteroatoms. The molecule has 1 fully saturated rings. The summed E-state index contributed by atoms with van der Waals surface area (Å²) in [6.45, 7) is 8.78. The monoisotopic (exact) mass is 529 g/mol. The molecule has 1 unspecified atom stereocenters. The Bertz CT molecular complexity index is 1300. The Kier molecular flexibility index (Phi) is 6.97. The van der Waals surface area contributed by atoms with Crippen molar-refractivity contribution in [3.8, 4) is 5.75 Å². The molecule has 0 heterocycles. The van der Waals surface area contributed by atoms with E-state index in [-0.39, 0.29) is 53.0 Å². The number of ketones is 1. The molecule has 1 aromatic carbocycles. The lowest BCUT2D eigenvalue weighted by Gasteiger charge is -2.52. The third-order valence-corrected chi connectivity index (χ3v) is 8.03. The standard InChI is InChI=1S/C28H36FN3O6/c1-12(2)10-32(6)11-15-9-18(33)21-16(22(15)29)7-14-8-17-23(31(4)5)25(35)19(27(30)37)13(3)28(17,38)26(36)20(14)24(21)34/h9,12,14,17,23,33-35,38H,3,7-8,10-11H2,1-2,4-6H3,(H2,30,37)/t14-,17?,23-,28-/m0/s1. The second kappa shape index (κ2) is 9.52. The first-order valence-corrected chi connectivity index (χ1v) is 12.6. The van der Waals surface area contributed by atoms with Gasteiger partial charge in [-0.2, -0.15) is 0 Å². The number of primary amides is 1. The molecule has 4 rings (SSSR count). The van der Waals surface area contributed by atoms with E-state index < -0.39 is 58.1 Å². The molecule has 0 radical (unpaired) electrons. The summed E-state index contributed by atoms with van der Waals surface area (Å²) < 4.78 is 15.8. The number of nitrogens with two attached hydrogens (primary N) is 1. The number of Topliss-reactive ketones (excluding diaryl/α,β-unsaturated/α-hetero) is 1. The van der Waals surface area contributed by atoms with Gasteiger partial charge in [0, 0.05) is 41.3 Å². The number of benzene rings is 1. The van der Waals surface area contributed by atoms with Gasteiger partial charge in [0.15, 0.2) is 11.4 Å². The summed E-state index contributed by atoms with van der Waals surface area (Å²) >= 11 is 0. The van der Waals surface area contributed by atoms with E-state index in [0.29, 0.717) is 12.5 Å². The predicted octanol–water partition coefficient (Wildman–Crippen LogP) is 2.18. The van der Waals surface area contributed by atoms with Crippen molar-refractivity contribution >= 4 is 17.4 Å². The van der Waals surface area contributed by atoms with Crippen molar-refractivity contribution in [2.24, 2.45) is 23.5 Å². The van der Waals surface area contributed by atoms with Crippen LogP contribution in [0.3, 0.4) is 0 Å². The van der Waals surface area contributed by atoms with Crippen molar-refractivity contribution in [3.05, 3.63) is 57.6 Å². The number of amides is 1. The van der Waals surface area contributed by atoms with E-state index in [9.17, 15) is 30.0 Å². The summed E-state index contributed by atoms with van der Waals surface area (Å²) in [4.78, 5) is 29.6. The number of carbonyl (C=O) groups excluding carboxylic acids is 2. The first kappa shape index (κ1) is 27.8. The fourth-order valence-corrected chi connectivity index (χ4v) is 6.61. The first-order valence-electron chi connectivity index (χ1n) is 12.6. The van der Waals surface area contributed by atoms with Gasteiger partial charge in [-0.25, -0.2) is 4.39 Å². The van der Waals surface area contributed by atoms with Crippen LogP contribution in [0.2, 0.25) is 0 Å². The molecule has 9 nitrogen and oxygen atoms in total. The van der Waals surface area contributed by atoms with Gasteiger partial charge in [0.25, 0.3) is 5.91 Å². The Hall–Kier alpha value is -3.21. The zero-order valence-corrected chi connectivity index (χ0v) is 22.4. The largest absolute Gasteiger partial charge is 0.510 e. The molecule has 6 N–H and O–H groups in total. The number of likely N-dealkylation sites (N-methyl/N-ethyl adjacent to an activating group) is 1. The van der Waals surface area contributed by atoms with Crippen LogP contribution in [0.15, 0.2) is 35.1 Å². The highest BCUT2D eigenvalue weighted by Gasteiger charge is 2.62. The van der Waals surface area contributed by atoms with Gasteiger partial charge in [0.2, 0.25) is 0 Å². The van der Waals surface area contributed by atoms with Crippen molar-refractivity contribution in [3.63, 3.8) is 0 Å². The molecule has 0 spiro atoms. The Labute approximate surface area is 221 Å². The molecule has 206 valence electrons. The lowest BCUT2D eigenvalue weighted by Crippen LogP contribution is -2.63. The number of aliphatic hydroxyl groups excluding tert-OH is 2. The molecule has 0 saturated heterocycles. The third kappa shape index (κ3) is 4.02. The van der Waals surface area contributed by atoms with Crippen LogP contribution in [0.4, 0.5) is 4.39 Å². The van der Waals surface area contributed by atoms with Crippen molar-refractivity contribution in [2.75, 3.05) is 27.7 Å². The maximum Gasteiger partial charge on any atom is 0.252 e. The lowest BCUT2D eigenvalue weighted by molar-refractivity contribution is -0.143. The number of fused-ring (bicyclic) bond motifs is 3. The average molecular weight is 530 g/mol. The minimum atomic E-state index is -2.35. The van der Waals surface area contributed by atoms with Crippen molar-refractivity contribution in [1.82, 2.24) is 9.80 Å². The van der Waals surface area contributed by atoms with Gasteiger partial charge in [-0.1, -0.05) is 20.4 Å². The van der Waals surface area contributed by atoms with E-state index in [0.717, 1.165) is 0 Å². The van der Waals surface area contributed by atoms with Crippen LogP contribution in [0, 0.1) is 23.6 Å². The number of aromatic hydroxyl groups is 1. The molecule has 0 aromatic heterocycles. The minimum absolute atomic E-state index is 0.00600. The molecule has 1 aromatic rings. The molecule has 3 aliphatic rings. The van der Waals surface area contributed by atoms with Gasteiger partial charge in [-0.05, 0) is 51.9 Å². The van der Waals surface area contributed by atoms with Gasteiger partial charge in [0.05, 0.1) is 17.2 Å². The highest BCUT2D eigenvalue weighted by Crippen LogP contribution is 2.54. The van der Waals surface area contributed by atoms with E-state index in [2.05, 4.69) is 6.58 Å². The van der Waals surface area contributed by atoms with Crippen LogP contribution in [0.1, 0.15) is 37.0 Å². The number of hydrogen-bond donors (Lipinski definition) is 5. The Balaban J connectivity index is 1.86. The molecule has 38 heavy (non-hydrogen) atoms. The fraction of sp³-hybridized carbons (Fsp3) is 0.500. The number of phenolic OH excluding ortho intramolecular Hbond substituents is 1. The topological polar surface area (TPSA) is 148 Å². The van der Waals surface area contributed by atoms with E-state index in [1.807, 2.05) is 25.8 Å². The number of hydrogen-bond acceptors (Lipinski definition) is 8. The van der Waals surface area contributed by atoms with Crippen LogP contribution < -0.4 is 5.73 Å². The lowest BCUT2D eigenvalue weighted by atomic mass is 9.56. The van der Waals surface area contributed by atoms with Gasteiger partial charge in [0.1, 0.15) is 23.1 Å². The van der Waals surface area contributed by atoms with Crippen molar-refractivity contribution < 1.29 is 34.4 Å². The number of nitrogens with zero attached hydrogens (tertiary/aromatic N) is 2. The summed E-state index contributed by atoms with van der Waals surface area (Å²) in [5, 5.41) is 44.8. The SMILES string of the molecule is C=C1C(C(N)=O)=C(O)[C@@H](N(C)C)C2C[C@@H]3Cc4c(F)c(CN(C)CC(C)C)cc(O)c4C(O)=C3C(=O)[C@]12O. The number of phenols is 1. The van der Waals surface area contributed by atoms with Crippen LogP contribution in [0.25, 0.3) is 5.76 Å². The van der Waals surface area contributed by atoms with Crippen molar-refractivity contribution in [1.29, 1.82) is 0 Å². The van der Waals surface area contributed by atoms with Gasteiger partial charge < -0.3 is 31.1 Å². The molecular weight excluding hydrogens is 493 g/mol. The maximum absolute atomic E-state index is 15.8. The van der Waals surface area contributed by atoms with E-state index in [1.165, 1.54) is 6.07 Å². The normalized spacial score (nSPS) is 27.3. The van der Waals surface area contributed by atoms with Gasteiger partial charge in [-0.3, -0.25) is 14.5 Å². The van der Waals surface area contributed by atoms with Gasteiger partial charge in [-0.15, -0.1) is 0 Å².